The van der Waals surface area contributed by atoms with Gasteiger partial charge >= 0.3 is 0 Å². The predicted octanol–water partition coefficient (Wildman–Crippen LogP) is 0.0508. The van der Waals surface area contributed by atoms with E-state index < -0.39 is 5.91 Å². The van der Waals surface area contributed by atoms with E-state index in [0.29, 0.717) is 5.69 Å². The molecule has 0 heterocycles. The van der Waals surface area contributed by atoms with Crippen molar-refractivity contribution >= 4 is 17.5 Å². The van der Waals surface area contributed by atoms with Crippen molar-refractivity contribution in [2.75, 3.05) is 32.6 Å². The molecule has 98 valence electrons. The van der Waals surface area contributed by atoms with Crippen molar-refractivity contribution < 1.29 is 14.3 Å². The second-order valence-electron chi connectivity index (χ2n) is 3.92. The highest BCUT2D eigenvalue weighted by Gasteiger charge is 2.08. The third kappa shape index (κ3) is 4.84. The van der Waals surface area contributed by atoms with Crippen LogP contribution in [0.3, 0.4) is 0 Å². The molecule has 2 amide bonds. The second-order valence-corrected chi connectivity index (χ2v) is 3.92. The first-order chi connectivity index (χ1) is 8.51. The molecule has 18 heavy (non-hydrogen) atoms. The fraction of sp³-hybridized carbons (Fsp3) is 0.333. The van der Waals surface area contributed by atoms with E-state index >= 15 is 0 Å². The molecular formula is C12H17N3O3. The summed E-state index contributed by atoms with van der Waals surface area (Å²) in [5, 5.41) is 2.71. The highest BCUT2D eigenvalue weighted by Crippen LogP contribution is 2.14. The van der Waals surface area contributed by atoms with Crippen LogP contribution in [-0.2, 0) is 9.59 Å². The Kier molecular flexibility index (Phi) is 5.13. The van der Waals surface area contributed by atoms with Gasteiger partial charge in [0.1, 0.15) is 5.75 Å². The molecular weight excluding hydrogens is 234 g/mol. The number of carbonyl (C=O) groups excluding carboxylic acids is 2. The molecule has 0 spiro atoms. The van der Waals surface area contributed by atoms with Crippen molar-refractivity contribution in [2.45, 2.75) is 0 Å². The van der Waals surface area contributed by atoms with Crippen LogP contribution in [0.15, 0.2) is 24.3 Å². The fourth-order valence-corrected chi connectivity index (χ4v) is 1.44. The van der Waals surface area contributed by atoms with Crippen molar-refractivity contribution in [2.24, 2.45) is 5.73 Å². The highest BCUT2D eigenvalue weighted by atomic mass is 16.5. The summed E-state index contributed by atoms with van der Waals surface area (Å²) in [6, 6.07) is 6.99. The lowest BCUT2D eigenvalue weighted by molar-refractivity contribution is -0.120. The molecule has 1 rings (SSSR count). The van der Waals surface area contributed by atoms with Crippen LogP contribution in [-0.4, -0.2) is 44.0 Å². The van der Waals surface area contributed by atoms with Gasteiger partial charge in [-0.25, -0.2) is 0 Å². The number of primary amides is 1. The van der Waals surface area contributed by atoms with Gasteiger partial charge in [-0.2, -0.15) is 0 Å². The number of likely N-dealkylation sites (N-methyl/N-ethyl adjacent to an activating group) is 1. The third-order valence-corrected chi connectivity index (χ3v) is 2.21. The number of nitrogens with one attached hydrogen (secondary N) is 1. The van der Waals surface area contributed by atoms with Gasteiger partial charge in [0.05, 0.1) is 20.2 Å². The monoisotopic (exact) mass is 251 g/mol. The molecule has 0 aromatic heterocycles. The summed E-state index contributed by atoms with van der Waals surface area (Å²) in [4.78, 5) is 23.8. The van der Waals surface area contributed by atoms with E-state index in [1.54, 1.807) is 43.3 Å². The zero-order valence-corrected chi connectivity index (χ0v) is 10.5. The van der Waals surface area contributed by atoms with Crippen molar-refractivity contribution in [1.29, 1.82) is 0 Å². The van der Waals surface area contributed by atoms with E-state index in [0.717, 1.165) is 5.75 Å². The van der Waals surface area contributed by atoms with Crippen molar-refractivity contribution in [1.82, 2.24) is 4.90 Å². The molecule has 0 aliphatic heterocycles. The lowest BCUT2D eigenvalue weighted by Gasteiger charge is -2.14. The molecule has 0 fully saturated rings. The van der Waals surface area contributed by atoms with Gasteiger partial charge in [-0.05, 0) is 31.3 Å². The van der Waals surface area contributed by atoms with Crippen molar-refractivity contribution in [3.8, 4) is 5.75 Å². The van der Waals surface area contributed by atoms with Gasteiger partial charge in [-0.15, -0.1) is 0 Å². The topological polar surface area (TPSA) is 84.7 Å². The minimum absolute atomic E-state index is 0.0516. The van der Waals surface area contributed by atoms with Crippen LogP contribution in [0.5, 0.6) is 5.75 Å². The Hall–Kier alpha value is -2.08. The van der Waals surface area contributed by atoms with E-state index in [1.165, 1.54) is 0 Å². The lowest BCUT2D eigenvalue weighted by atomic mass is 10.3. The molecule has 3 N–H and O–H groups in total. The summed E-state index contributed by atoms with van der Waals surface area (Å²) >= 11 is 0. The molecule has 0 atom stereocenters. The number of nitrogens with two attached hydrogens (primary N) is 1. The number of methoxy groups -OCH3 is 1. The van der Waals surface area contributed by atoms with Crippen molar-refractivity contribution in [3.05, 3.63) is 24.3 Å². The summed E-state index contributed by atoms with van der Waals surface area (Å²) in [7, 11) is 3.23. The quantitative estimate of drug-likeness (QED) is 0.748. The Morgan fingerprint density at radius 2 is 1.89 bits per heavy atom. The van der Waals surface area contributed by atoms with Crippen LogP contribution in [0.2, 0.25) is 0 Å². The number of ether oxygens (including phenoxy) is 1. The molecule has 0 radical (unpaired) electrons. The number of hydrogen-bond donors (Lipinski definition) is 2. The van der Waals surface area contributed by atoms with Crippen LogP contribution in [0.4, 0.5) is 5.69 Å². The SMILES string of the molecule is COc1ccc(NC(=O)CN(C)CC(N)=O)cc1. The minimum atomic E-state index is -0.463. The fourth-order valence-electron chi connectivity index (χ4n) is 1.44. The first kappa shape index (κ1) is 14.0. The van der Waals surface area contributed by atoms with Gasteiger partial charge in [-0.3, -0.25) is 14.5 Å². The Balaban J connectivity index is 2.46. The van der Waals surface area contributed by atoms with E-state index in [4.69, 9.17) is 10.5 Å². The van der Waals surface area contributed by atoms with Crippen LogP contribution in [0.1, 0.15) is 0 Å². The van der Waals surface area contributed by atoms with Gasteiger partial charge in [0, 0.05) is 5.69 Å². The standard InChI is InChI=1S/C12H17N3O3/c1-15(7-11(13)16)8-12(17)14-9-3-5-10(18-2)6-4-9/h3-6H,7-8H2,1-2H3,(H2,13,16)(H,14,17). The van der Waals surface area contributed by atoms with Gasteiger partial charge in [0.15, 0.2) is 0 Å². The highest BCUT2D eigenvalue weighted by molar-refractivity contribution is 5.92. The summed E-state index contributed by atoms with van der Waals surface area (Å²) in [5.41, 5.74) is 5.70. The number of anilines is 1. The first-order valence-electron chi connectivity index (χ1n) is 5.42. The normalized spacial score (nSPS) is 10.2. The van der Waals surface area contributed by atoms with Crippen molar-refractivity contribution in [3.63, 3.8) is 0 Å². The molecule has 1 aromatic carbocycles. The Morgan fingerprint density at radius 3 is 2.39 bits per heavy atom. The Labute approximate surface area is 106 Å². The summed E-state index contributed by atoms with van der Waals surface area (Å²) in [6.45, 7) is 0.158. The van der Waals surface area contributed by atoms with Gasteiger partial charge in [0.25, 0.3) is 0 Å². The maximum absolute atomic E-state index is 11.6. The maximum Gasteiger partial charge on any atom is 0.238 e. The van der Waals surface area contributed by atoms with Gasteiger partial charge in [-0.1, -0.05) is 0 Å². The van der Waals surface area contributed by atoms with Gasteiger partial charge < -0.3 is 15.8 Å². The van der Waals surface area contributed by atoms with Crippen LogP contribution >= 0.6 is 0 Å². The predicted molar refractivity (Wildman–Crippen MR) is 68.3 cm³/mol. The zero-order chi connectivity index (χ0) is 13.5. The molecule has 6 heteroatoms. The number of benzene rings is 1. The van der Waals surface area contributed by atoms with Crippen LogP contribution in [0.25, 0.3) is 0 Å². The Bertz CT molecular complexity index is 417. The molecule has 0 saturated heterocycles. The molecule has 1 aromatic rings. The number of amides is 2. The smallest absolute Gasteiger partial charge is 0.238 e. The summed E-state index contributed by atoms with van der Waals surface area (Å²) in [5.74, 6) is 0.0532. The van der Waals surface area contributed by atoms with Crippen LogP contribution in [0, 0.1) is 0 Å². The zero-order valence-electron chi connectivity index (χ0n) is 10.5. The molecule has 0 aliphatic carbocycles. The number of carbonyl (C=O) groups is 2. The average Bonchev–Trinajstić information content (AvgIpc) is 2.28. The van der Waals surface area contributed by atoms with Crippen LogP contribution < -0.4 is 15.8 Å². The lowest BCUT2D eigenvalue weighted by Crippen LogP contribution is -2.36. The molecule has 0 unspecified atom stereocenters. The summed E-state index contributed by atoms with van der Waals surface area (Å²) in [6.07, 6.45) is 0. The molecule has 0 bridgehead atoms. The number of nitrogens with zero attached hydrogens (tertiary/aromatic N) is 1. The molecule has 0 saturated carbocycles. The van der Waals surface area contributed by atoms with E-state index in [9.17, 15) is 9.59 Å². The summed E-state index contributed by atoms with van der Waals surface area (Å²) < 4.78 is 5.01. The van der Waals surface area contributed by atoms with E-state index in [2.05, 4.69) is 5.32 Å². The number of hydrogen-bond acceptors (Lipinski definition) is 4. The van der Waals surface area contributed by atoms with E-state index in [1.807, 2.05) is 0 Å². The Morgan fingerprint density at radius 1 is 1.28 bits per heavy atom. The van der Waals surface area contributed by atoms with Gasteiger partial charge in [0.2, 0.25) is 11.8 Å². The maximum atomic E-state index is 11.6. The van der Waals surface area contributed by atoms with E-state index in [-0.39, 0.29) is 19.0 Å². The number of rotatable bonds is 6. The first-order valence-corrected chi connectivity index (χ1v) is 5.42. The third-order valence-electron chi connectivity index (χ3n) is 2.21. The average molecular weight is 251 g/mol. The molecule has 0 aliphatic rings. The largest absolute Gasteiger partial charge is 0.497 e. The molecule has 6 nitrogen and oxygen atoms in total. The second kappa shape index (κ2) is 6.61. The minimum Gasteiger partial charge on any atom is -0.497 e.